The number of aromatic nitrogens is 1. The Labute approximate surface area is 270 Å². The Morgan fingerprint density at radius 2 is 1.83 bits per heavy atom. The van der Waals surface area contributed by atoms with Gasteiger partial charge >= 0.3 is 0 Å². The third kappa shape index (κ3) is 5.93. The van der Waals surface area contributed by atoms with Crippen LogP contribution in [0, 0.1) is 0 Å². The highest BCUT2D eigenvalue weighted by Crippen LogP contribution is 2.48. The van der Waals surface area contributed by atoms with Crippen LogP contribution in [0.5, 0.6) is 5.75 Å². The molecule has 2 aliphatic rings. The standard InChI is InChI=1S/C33H37ClN4O8/c1-16(34)21-13-38(32(44)23-11-17-10-18(8-9-22(17)36-23)35-27(40)14-37(2)3)24-12-25(19-6-4-5-7-20(19)28(21)24)45-33-31(43)30(42)29(41)26(15-39)46-33/h4-12,16,21,26,29-31,33,36,39,41-43H,13-15H2,1-3H3,(H,35,40)/t16-,21+,26?,29+,30+,31?,33-/m1/s1. The summed E-state index contributed by atoms with van der Waals surface area (Å²) in [5.74, 6) is -0.395. The molecule has 13 heteroatoms. The molecule has 0 aliphatic carbocycles. The zero-order chi connectivity index (χ0) is 32.9. The van der Waals surface area contributed by atoms with Crippen LogP contribution in [-0.2, 0) is 9.53 Å². The van der Waals surface area contributed by atoms with E-state index in [-0.39, 0.29) is 35.4 Å². The number of hydrogen-bond donors (Lipinski definition) is 6. The highest BCUT2D eigenvalue weighted by atomic mass is 35.5. The summed E-state index contributed by atoms with van der Waals surface area (Å²) in [6, 6.07) is 16.2. The number of alkyl halides is 1. The number of H-pyrrole nitrogens is 1. The molecule has 3 heterocycles. The van der Waals surface area contributed by atoms with E-state index in [0.29, 0.717) is 29.0 Å². The molecule has 2 amide bonds. The number of likely N-dealkylation sites (N-methyl/N-ethyl adjacent to an activating group) is 1. The van der Waals surface area contributed by atoms with Gasteiger partial charge in [0.1, 0.15) is 35.9 Å². The molecule has 46 heavy (non-hydrogen) atoms. The predicted molar refractivity (Wildman–Crippen MR) is 174 cm³/mol. The Morgan fingerprint density at radius 3 is 2.52 bits per heavy atom. The number of anilines is 2. The van der Waals surface area contributed by atoms with Crippen molar-refractivity contribution in [3.63, 3.8) is 0 Å². The molecule has 3 aromatic carbocycles. The first-order chi connectivity index (χ1) is 22.0. The topological polar surface area (TPSA) is 168 Å². The molecule has 0 spiro atoms. The highest BCUT2D eigenvalue weighted by Gasteiger charge is 2.45. The van der Waals surface area contributed by atoms with E-state index < -0.39 is 37.3 Å². The largest absolute Gasteiger partial charge is 0.461 e. The van der Waals surface area contributed by atoms with Gasteiger partial charge in [0.05, 0.1) is 18.8 Å². The number of carbonyl (C=O) groups excluding carboxylic acids is 2. The van der Waals surface area contributed by atoms with Crippen molar-refractivity contribution in [2.75, 3.05) is 44.0 Å². The van der Waals surface area contributed by atoms with Crippen molar-refractivity contribution in [3.8, 4) is 5.75 Å². The molecular weight excluding hydrogens is 616 g/mol. The van der Waals surface area contributed by atoms with Crippen LogP contribution in [-0.4, -0.2) is 112 Å². The molecule has 12 nitrogen and oxygen atoms in total. The van der Waals surface area contributed by atoms with E-state index >= 15 is 0 Å². The van der Waals surface area contributed by atoms with Crippen LogP contribution in [0.2, 0.25) is 0 Å². The third-order valence-corrected chi connectivity index (χ3v) is 8.86. The van der Waals surface area contributed by atoms with E-state index in [9.17, 15) is 30.0 Å². The van der Waals surface area contributed by atoms with Gasteiger partial charge < -0.3 is 50.0 Å². The summed E-state index contributed by atoms with van der Waals surface area (Å²) in [7, 11) is 3.62. The number of hydrogen-bond acceptors (Lipinski definition) is 9. The Bertz CT molecular complexity index is 1780. The van der Waals surface area contributed by atoms with Crippen LogP contribution in [0.1, 0.15) is 28.9 Å². The monoisotopic (exact) mass is 652 g/mol. The minimum absolute atomic E-state index is 0.153. The van der Waals surface area contributed by atoms with Crippen molar-refractivity contribution in [1.82, 2.24) is 9.88 Å². The third-order valence-electron chi connectivity index (χ3n) is 8.55. The van der Waals surface area contributed by atoms with Crippen molar-refractivity contribution >= 4 is 56.5 Å². The van der Waals surface area contributed by atoms with Gasteiger partial charge in [0, 0.05) is 45.9 Å². The average Bonchev–Trinajstić information content (AvgIpc) is 3.62. The van der Waals surface area contributed by atoms with Gasteiger partial charge in [-0.05, 0) is 56.2 Å². The van der Waals surface area contributed by atoms with Crippen molar-refractivity contribution < 1.29 is 39.5 Å². The van der Waals surface area contributed by atoms with Crippen LogP contribution in [0.3, 0.4) is 0 Å². The normalized spacial score (nSPS) is 25.2. The molecule has 1 aromatic heterocycles. The maximum atomic E-state index is 14.2. The molecule has 0 saturated carbocycles. The predicted octanol–water partition coefficient (Wildman–Crippen LogP) is 2.37. The molecule has 6 rings (SSSR count). The summed E-state index contributed by atoms with van der Waals surface area (Å²) in [6.07, 6.45) is -7.31. The molecule has 6 N–H and O–H groups in total. The first kappa shape index (κ1) is 32.2. The van der Waals surface area contributed by atoms with E-state index in [4.69, 9.17) is 21.1 Å². The van der Waals surface area contributed by atoms with E-state index in [1.54, 1.807) is 40.1 Å². The first-order valence-electron chi connectivity index (χ1n) is 15.0. The molecule has 244 valence electrons. The summed E-state index contributed by atoms with van der Waals surface area (Å²) >= 11 is 6.72. The van der Waals surface area contributed by atoms with Gasteiger partial charge in [-0.2, -0.15) is 0 Å². The first-order valence-corrected chi connectivity index (χ1v) is 15.5. The van der Waals surface area contributed by atoms with Crippen LogP contribution in [0.4, 0.5) is 11.4 Å². The van der Waals surface area contributed by atoms with Gasteiger partial charge in [0.15, 0.2) is 0 Å². The summed E-state index contributed by atoms with van der Waals surface area (Å²) in [5.41, 5.74) is 3.11. The molecule has 2 unspecified atom stereocenters. The number of aliphatic hydroxyl groups excluding tert-OH is 4. The molecule has 7 atom stereocenters. The van der Waals surface area contributed by atoms with Crippen molar-refractivity contribution in [2.24, 2.45) is 0 Å². The number of halogens is 1. The number of aliphatic hydroxyl groups is 4. The second-order valence-corrected chi connectivity index (χ2v) is 12.8. The number of carbonyl (C=O) groups is 2. The minimum Gasteiger partial charge on any atom is -0.461 e. The number of rotatable bonds is 8. The quantitative estimate of drug-likeness (QED) is 0.157. The number of nitrogens with zero attached hydrogens (tertiary/aromatic N) is 2. The van der Waals surface area contributed by atoms with Crippen LogP contribution < -0.4 is 15.0 Å². The minimum atomic E-state index is -1.61. The summed E-state index contributed by atoms with van der Waals surface area (Å²) in [6.45, 7) is 1.82. The number of aromatic amines is 1. The van der Waals surface area contributed by atoms with Crippen LogP contribution in [0.15, 0.2) is 54.6 Å². The van der Waals surface area contributed by atoms with Crippen molar-refractivity contribution in [1.29, 1.82) is 0 Å². The van der Waals surface area contributed by atoms with Crippen molar-refractivity contribution in [3.05, 3.63) is 65.9 Å². The fourth-order valence-electron chi connectivity index (χ4n) is 6.26. The lowest BCUT2D eigenvalue weighted by Crippen LogP contribution is -2.60. The lowest BCUT2D eigenvalue weighted by molar-refractivity contribution is -0.277. The molecule has 2 aliphatic heterocycles. The highest BCUT2D eigenvalue weighted by molar-refractivity contribution is 6.22. The Morgan fingerprint density at radius 1 is 1.09 bits per heavy atom. The lowest BCUT2D eigenvalue weighted by atomic mass is 9.92. The summed E-state index contributed by atoms with van der Waals surface area (Å²) in [5, 5.41) is 45.7. The fraction of sp³-hybridized carbons (Fsp3) is 0.394. The maximum absolute atomic E-state index is 14.2. The second-order valence-electron chi connectivity index (χ2n) is 12.1. The maximum Gasteiger partial charge on any atom is 0.274 e. The zero-order valence-electron chi connectivity index (χ0n) is 25.6. The molecule has 0 bridgehead atoms. The molecule has 1 fully saturated rings. The van der Waals surface area contributed by atoms with Crippen LogP contribution in [0.25, 0.3) is 21.7 Å². The molecule has 1 saturated heterocycles. The number of fused-ring (bicyclic) bond motifs is 4. The van der Waals surface area contributed by atoms with E-state index in [0.717, 1.165) is 21.9 Å². The van der Waals surface area contributed by atoms with E-state index in [1.165, 1.54) is 0 Å². The summed E-state index contributed by atoms with van der Waals surface area (Å²) in [4.78, 5) is 33.0. The zero-order valence-corrected chi connectivity index (χ0v) is 26.3. The van der Waals surface area contributed by atoms with Gasteiger partial charge in [-0.1, -0.05) is 24.3 Å². The number of nitrogens with one attached hydrogen (secondary N) is 2. The Hall–Kier alpha value is -3.75. The molecular formula is C33H37ClN4O8. The van der Waals surface area contributed by atoms with Gasteiger partial charge in [0.25, 0.3) is 5.91 Å². The Balaban J connectivity index is 1.37. The van der Waals surface area contributed by atoms with Crippen molar-refractivity contribution in [2.45, 2.75) is 48.9 Å². The lowest BCUT2D eigenvalue weighted by Gasteiger charge is -2.39. The number of amides is 2. The molecule has 0 radical (unpaired) electrons. The van der Waals surface area contributed by atoms with E-state index in [2.05, 4.69) is 10.3 Å². The van der Waals surface area contributed by atoms with Gasteiger partial charge in [-0.25, -0.2) is 0 Å². The fourth-order valence-corrected chi connectivity index (χ4v) is 6.47. The Kier molecular flexibility index (Phi) is 8.96. The van der Waals surface area contributed by atoms with Crippen LogP contribution >= 0.6 is 11.6 Å². The average molecular weight is 653 g/mol. The number of benzene rings is 3. The second kappa shape index (κ2) is 12.8. The van der Waals surface area contributed by atoms with Gasteiger partial charge in [-0.3, -0.25) is 9.59 Å². The van der Waals surface area contributed by atoms with Gasteiger partial charge in [0.2, 0.25) is 12.2 Å². The number of ether oxygens (including phenoxy) is 2. The van der Waals surface area contributed by atoms with Gasteiger partial charge in [-0.15, -0.1) is 11.6 Å². The SMILES string of the molecule is C[C@@H](Cl)[C@@H]1CN(C(=O)c2cc3cc(NC(=O)CN(C)C)ccc3[nH]2)c2cc(O[C@@H]3OC(CO)[C@H](O)[C@H](O)C3O)c3ccccc3c21. The molecule has 4 aromatic rings. The summed E-state index contributed by atoms with van der Waals surface area (Å²) < 4.78 is 11.8. The smallest absolute Gasteiger partial charge is 0.274 e. The van der Waals surface area contributed by atoms with E-state index in [1.807, 2.05) is 45.3 Å².